The summed E-state index contributed by atoms with van der Waals surface area (Å²) in [4.78, 5) is 25.1. The van der Waals surface area contributed by atoms with Crippen LogP contribution < -0.4 is 40.4 Å². The van der Waals surface area contributed by atoms with E-state index in [-0.39, 0.29) is 52.2 Å². The molecule has 1 fully saturated rings. The summed E-state index contributed by atoms with van der Waals surface area (Å²) in [5.41, 5.74) is 7.25. The number of nitrogens with zero attached hydrogens (tertiary/aromatic N) is 1. The molecule has 1 aromatic carbocycles. The number of β-lactam (4-membered cyclic amide) rings is 1. The fourth-order valence-electron chi connectivity index (χ4n) is 3.38. The number of benzene rings is 1. The van der Waals surface area contributed by atoms with E-state index in [0.29, 0.717) is 23.1 Å². The quantitative estimate of drug-likeness (QED) is 0.329. The summed E-state index contributed by atoms with van der Waals surface area (Å²) in [6.45, 7) is 1.53. The van der Waals surface area contributed by atoms with E-state index in [0.717, 1.165) is 0 Å². The predicted molar refractivity (Wildman–Crippen MR) is 84.7 cm³/mol. The molecule has 1 saturated heterocycles. The zero-order chi connectivity index (χ0) is 16.9. The van der Waals surface area contributed by atoms with Crippen molar-refractivity contribution < 1.29 is 49.4 Å². The van der Waals surface area contributed by atoms with E-state index in [2.05, 4.69) is 0 Å². The van der Waals surface area contributed by atoms with Crippen LogP contribution >= 0.6 is 12.2 Å². The first-order valence-electron chi connectivity index (χ1n) is 7.18. The number of aliphatic hydroxyl groups is 1. The maximum atomic E-state index is 12.2. The molecule has 0 unspecified atom stereocenters. The molecule has 2 aliphatic rings. The molecule has 0 aromatic heterocycles. The van der Waals surface area contributed by atoms with Crippen molar-refractivity contribution in [1.82, 2.24) is 4.90 Å². The van der Waals surface area contributed by atoms with Crippen molar-refractivity contribution in [3.63, 3.8) is 0 Å². The summed E-state index contributed by atoms with van der Waals surface area (Å²) in [6, 6.07) is 6.56. The van der Waals surface area contributed by atoms with Crippen LogP contribution in [0, 0.1) is 5.92 Å². The van der Waals surface area contributed by atoms with Crippen LogP contribution in [0.3, 0.4) is 0 Å². The Hall–Kier alpha value is -1.25. The van der Waals surface area contributed by atoms with Crippen LogP contribution in [-0.2, 0) is 9.59 Å². The molecule has 0 spiro atoms. The van der Waals surface area contributed by atoms with Gasteiger partial charge in [0.2, 0.25) is 5.91 Å². The topological polar surface area (TPSA) is 107 Å². The third-order valence-electron chi connectivity index (χ3n) is 4.42. The number of fused-ring (bicyclic) bond motifs is 1. The van der Waals surface area contributed by atoms with Gasteiger partial charge in [0, 0.05) is 5.56 Å². The molecule has 3 rings (SSSR count). The molecular formula is C16H15N2NaO4S. The van der Waals surface area contributed by atoms with Crippen molar-refractivity contribution in [3.05, 3.63) is 41.1 Å². The van der Waals surface area contributed by atoms with E-state index in [1.165, 1.54) is 11.8 Å². The van der Waals surface area contributed by atoms with Gasteiger partial charge in [-0.2, -0.15) is 0 Å². The number of hydrogen-bond donors (Lipinski definition) is 2. The second kappa shape index (κ2) is 6.93. The fraction of sp³-hybridized carbons (Fsp3) is 0.312. The Kier molecular flexibility index (Phi) is 5.51. The summed E-state index contributed by atoms with van der Waals surface area (Å²) in [6.07, 6.45) is -0.472. The summed E-state index contributed by atoms with van der Waals surface area (Å²) in [7, 11) is 0. The van der Waals surface area contributed by atoms with Gasteiger partial charge in [0.05, 0.1) is 29.7 Å². The van der Waals surface area contributed by atoms with E-state index < -0.39 is 18.0 Å². The molecule has 2 aliphatic heterocycles. The van der Waals surface area contributed by atoms with Gasteiger partial charge in [-0.05, 0) is 30.5 Å². The summed E-state index contributed by atoms with van der Waals surface area (Å²) in [5, 5.41) is 21.3. The zero-order valence-electron chi connectivity index (χ0n) is 13.4. The second-order valence-corrected chi connectivity index (χ2v) is 6.25. The Labute approximate surface area is 166 Å². The van der Waals surface area contributed by atoms with Crippen LogP contribution in [0.15, 0.2) is 30.0 Å². The van der Waals surface area contributed by atoms with Crippen molar-refractivity contribution in [1.29, 1.82) is 0 Å². The van der Waals surface area contributed by atoms with Gasteiger partial charge < -0.3 is 25.6 Å². The molecule has 3 N–H and O–H groups in total. The van der Waals surface area contributed by atoms with Crippen molar-refractivity contribution in [2.75, 3.05) is 0 Å². The first kappa shape index (κ1) is 19.1. The fourth-order valence-corrected chi connectivity index (χ4v) is 3.50. The second-order valence-electron chi connectivity index (χ2n) is 5.81. The Morgan fingerprint density at radius 3 is 2.71 bits per heavy atom. The van der Waals surface area contributed by atoms with E-state index in [4.69, 9.17) is 18.0 Å². The number of amides is 1. The molecule has 8 heteroatoms. The first-order chi connectivity index (χ1) is 10.8. The predicted octanol–water partition coefficient (Wildman–Crippen LogP) is -3.60. The van der Waals surface area contributed by atoms with E-state index in [9.17, 15) is 19.8 Å². The first-order valence-corrected chi connectivity index (χ1v) is 7.59. The minimum atomic E-state index is -1.40. The van der Waals surface area contributed by atoms with E-state index in [1.54, 1.807) is 24.3 Å². The van der Waals surface area contributed by atoms with Crippen LogP contribution in [0.2, 0.25) is 0 Å². The SMILES string of the molecule is C[C@@H](O)[C@H]1C(=O)N2C(C(=O)[O-])=C(c3cccc(C(N)=S)c3)C[C@H]12.[Na+]. The van der Waals surface area contributed by atoms with Crippen molar-refractivity contribution in [2.45, 2.75) is 25.5 Å². The van der Waals surface area contributed by atoms with Crippen molar-refractivity contribution in [2.24, 2.45) is 11.7 Å². The standard InChI is InChI=1S/C16H16N2O4S.Na/c1-7(19)12-11-6-10(13(16(21)22)18(11)15(12)20)8-3-2-4-9(5-8)14(17)23;/h2-5,7,11-12,19H,6H2,1H3,(H2,17,23)(H,21,22);/q;+1/p-1/t7-,11-,12-;/m1./s1. The van der Waals surface area contributed by atoms with Crippen LogP contribution in [-0.4, -0.2) is 39.0 Å². The Morgan fingerprint density at radius 2 is 2.17 bits per heavy atom. The van der Waals surface area contributed by atoms with Crippen LogP contribution in [0.1, 0.15) is 24.5 Å². The summed E-state index contributed by atoms with van der Waals surface area (Å²) >= 11 is 4.94. The Balaban J connectivity index is 0.00000208. The molecule has 3 atom stereocenters. The number of nitrogens with two attached hydrogens (primary N) is 1. The van der Waals surface area contributed by atoms with Crippen LogP contribution in [0.5, 0.6) is 0 Å². The number of aliphatic carboxylic acids is 1. The minimum Gasteiger partial charge on any atom is -0.543 e. The molecule has 2 heterocycles. The number of hydrogen-bond acceptors (Lipinski definition) is 5. The molecule has 24 heavy (non-hydrogen) atoms. The number of carboxylic acids is 1. The molecule has 1 aromatic rings. The number of carbonyl (C=O) groups excluding carboxylic acids is 2. The monoisotopic (exact) mass is 354 g/mol. The van der Waals surface area contributed by atoms with E-state index >= 15 is 0 Å². The maximum absolute atomic E-state index is 12.2. The van der Waals surface area contributed by atoms with Crippen molar-refractivity contribution >= 4 is 34.7 Å². The molecule has 0 saturated carbocycles. The van der Waals surface area contributed by atoms with Gasteiger partial charge in [-0.3, -0.25) is 4.79 Å². The number of thiocarbonyl (C=S) groups is 1. The van der Waals surface area contributed by atoms with Gasteiger partial charge in [-0.15, -0.1) is 0 Å². The molecule has 0 radical (unpaired) electrons. The molecule has 1 amide bonds. The number of carbonyl (C=O) groups is 2. The normalized spacial score (nSPS) is 23.2. The van der Waals surface area contributed by atoms with Gasteiger partial charge in [0.15, 0.2) is 0 Å². The number of rotatable bonds is 4. The zero-order valence-corrected chi connectivity index (χ0v) is 16.2. The molecular weight excluding hydrogens is 339 g/mol. The Bertz CT molecular complexity index is 762. The molecule has 0 aliphatic carbocycles. The van der Waals surface area contributed by atoms with Crippen LogP contribution in [0.4, 0.5) is 0 Å². The smallest absolute Gasteiger partial charge is 0.543 e. The number of carboxylic acid groups (broad SMARTS) is 1. The third-order valence-corrected chi connectivity index (χ3v) is 4.65. The van der Waals surface area contributed by atoms with Gasteiger partial charge in [0.1, 0.15) is 4.99 Å². The average Bonchev–Trinajstić information content (AvgIpc) is 2.82. The van der Waals surface area contributed by atoms with Gasteiger partial charge in [-0.1, -0.05) is 30.4 Å². The average molecular weight is 354 g/mol. The van der Waals surface area contributed by atoms with E-state index in [1.807, 2.05) is 0 Å². The largest absolute Gasteiger partial charge is 1.00 e. The summed E-state index contributed by atoms with van der Waals surface area (Å²) < 4.78 is 0. The van der Waals surface area contributed by atoms with Gasteiger partial charge >= 0.3 is 29.6 Å². The Morgan fingerprint density at radius 1 is 1.50 bits per heavy atom. The third kappa shape index (κ3) is 2.91. The molecule has 6 nitrogen and oxygen atoms in total. The van der Waals surface area contributed by atoms with Gasteiger partial charge in [-0.25, -0.2) is 0 Å². The molecule has 0 bridgehead atoms. The maximum Gasteiger partial charge on any atom is 1.00 e. The summed E-state index contributed by atoms with van der Waals surface area (Å²) in [5.74, 6) is -2.37. The molecule has 120 valence electrons. The number of aliphatic hydroxyl groups excluding tert-OH is 1. The van der Waals surface area contributed by atoms with Crippen LogP contribution in [0.25, 0.3) is 5.57 Å². The van der Waals surface area contributed by atoms with Gasteiger partial charge in [0.25, 0.3) is 0 Å². The minimum absolute atomic E-state index is 0. The van der Waals surface area contributed by atoms with Crippen molar-refractivity contribution in [3.8, 4) is 0 Å².